The van der Waals surface area contributed by atoms with E-state index in [-0.39, 0.29) is 5.56 Å². The Kier molecular flexibility index (Phi) is 4.76. The molecule has 0 saturated carbocycles. The van der Waals surface area contributed by atoms with E-state index in [1.807, 2.05) is 49.1 Å². The van der Waals surface area contributed by atoms with Crippen molar-refractivity contribution >= 4 is 38.3 Å². The summed E-state index contributed by atoms with van der Waals surface area (Å²) < 4.78 is 12.7. The molecule has 7 heteroatoms. The summed E-state index contributed by atoms with van der Waals surface area (Å²) in [4.78, 5) is 20.2. The highest BCUT2D eigenvalue weighted by Crippen LogP contribution is 2.36. The van der Waals surface area contributed by atoms with Gasteiger partial charge < -0.3 is 24.7 Å². The Morgan fingerprint density at radius 1 is 1.00 bits per heavy atom. The van der Waals surface area contributed by atoms with Gasteiger partial charge in [-0.05, 0) is 44.4 Å². The Balaban J connectivity index is 2.21. The van der Waals surface area contributed by atoms with E-state index in [4.69, 9.17) is 15.2 Å². The quantitative estimate of drug-likeness (QED) is 0.415. The average Bonchev–Trinajstić information content (AvgIpc) is 2.72. The minimum absolute atomic E-state index is 0.0785. The lowest BCUT2D eigenvalue weighted by atomic mass is 10.0. The van der Waals surface area contributed by atoms with Crippen molar-refractivity contribution < 1.29 is 9.47 Å². The summed E-state index contributed by atoms with van der Waals surface area (Å²) in [6.07, 6.45) is 1.81. The molecule has 0 unspecified atom stereocenters. The molecule has 2 N–H and O–H groups in total. The molecule has 150 valence electrons. The number of ether oxygens (including phenoxy) is 2. The Bertz CT molecular complexity index is 1290. The number of aromatic nitrogens is 2. The first-order valence-electron chi connectivity index (χ1n) is 9.35. The molecule has 2 heterocycles. The lowest BCUT2D eigenvalue weighted by Crippen LogP contribution is -2.27. The number of rotatable bonds is 5. The third-order valence-corrected chi connectivity index (χ3v) is 5.19. The number of nitrogen functional groups attached to an aromatic ring is 1. The molecular formula is C22H24N4O3. The zero-order chi connectivity index (χ0) is 20.7. The predicted octanol–water partition coefficient (Wildman–Crippen LogP) is 2.86. The SMILES string of the molecule is COc1cc2c(=O)n(CCN(C)C)c3c4cc(N)ccc4ncc3c2cc1OC. The first-order chi connectivity index (χ1) is 13.9. The van der Waals surface area contributed by atoms with Gasteiger partial charge in [-0.25, -0.2) is 0 Å². The van der Waals surface area contributed by atoms with Crippen LogP contribution >= 0.6 is 0 Å². The van der Waals surface area contributed by atoms with Gasteiger partial charge in [0.1, 0.15) is 0 Å². The molecule has 7 nitrogen and oxygen atoms in total. The first-order valence-corrected chi connectivity index (χ1v) is 9.35. The Hall–Kier alpha value is -3.32. The topological polar surface area (TPSA) is 82.6 Å². The lowest BCUT2D eigenvalue weighted by Gasteiger charge is -2.18. The van der Waals surface area contributed by atoms with Crippen LogP contribution in [0.4, 0.5) is 5.69 Å². The molecule has 29 heavy (non-hydrogen) atoms. The smallest absolute Gasteiger partial charge is 0.259 e. The van der Waals surface area contributed by atoms with Crippen molar-refractivity contribution in [2.24, 2.45) is 0 Å². The number of nitrogens with two attached hydrogens (primary N) is 1. The molecule has 4 aromatic rings. The highest BCUT2D eigenvalue weighted by Gasteiger charge is 2.17. The molecule has 0 aliphatic rings. The van der Waals surface area contributed by atoms with Gasteiger partial charge in [0.15, 0.2) is 11.5 Å². The van der Waals surface area contributed by atoms with E-state index < -0.39 is 0 Å². The summed E-state index contributed by atoms with van der Waals surface area (Å²) in [7, 11) is 7.12. The lowest BCUT2D eigenvalue weighted by molar-refractivity contribution is 0.356. The van der Waals surface area contributed by atoms with E-state index >= 15 is 0 Å². The van der Waals surface area contributed by atoms with Crippen LogP contribution < -0.4 is 20.8 Å². The summed E-state index contributed by atoms with van der Waals surface area (Å²) in [5, 5.41) is 3.08. The number of fused-ring (bicyclic) bond motifs is 5. The highest BCUT2D eigenvalue weighted by atomic mass is 16.5. The molecule has 0 atom stereocenters. The van der Waals surface area contributed by atoms with Crippen molar-refractivity contribution in [2.75, 3.05) is 40.6 Å². The molecule has 0 fully saturated rings. The van der Waals surface area contributed by atoms with Crippen LogP contribution in [0.25, 0.3) is 32.6 Å². The Labute approximate surface area is 168 Å². The number of pyridine rings is 2. The summed E-state index contributed by atoms with van der Waals surface area (Å²) >= 11 is 0. The fraction of sp³-hybridized carbons (Fsp3) is 0.273. The zero-order valence-corrected chi connectivity index (χ0v) is 17.0. The second-order valence-electron chi connectivity index (χ2n) is 7.31. The van der Waals surface area contributed by atoms with Gasteiger partial charge in [0.2, 0.25) is 0 Å². The van der Waals surface area contributed by atoms with Crippen LogP contribution in [-0.4, -0.2) is 49.3 Å². The van der Waals surface area contributed by atoms with E-state index in [1.165, 1.54) is 0 Å². The molecule has 0 bridgehead atoms. The van der Waals surface area contributed by atoms with Gasteiger partial charge in [-0.1, -0.05) is 0 Å². The summed E-state index contributed by atoms with van der Waals surface area (Å²) in [6, 6.07) is 9.16. The van der Waals surface area contributed by atoms with E-state index in [2.05, 4.69) is 9.88 Å². The van der Waals surface area contributed by atoms with Gasteiger partial charge in [0.25, 0.3) is 5.56 Å². The fourth-order valence-electron chi connectivity index (χ4n) is 3.72. The molecule has 0 amide bonds. The van der Waals surface area contributed by atoms with Gasteiger partial charge in [-0.15, -0.1) is 0 Å². The fourth-order valence-corrected chi connectivity index (χ4v) is 3.72. The summed E-state index contributed by atoms with van der Waals surface area (Å²) in [6.45, 7) is 1.26. The molecule has 4 rings (SSSR count). The Morgan fingerprint density at radius 2 is 1.69 bits per heavy atom. The molecule has 0 saturated heterocycles. The number of nitrogens with zero attached hydrogens (tertiary/aromatic N) is 3. The number of benzene rings is 2. The molecule has 2 aromatic heterocycles. The number of anilines is 1. The van der Waals surface area contributed by atoms with Crippen molar-refractivity contribution in [1.29, 1.82) is 0 Å². The van der Waals surface area contributed by atoms with Crippen molar-refractivity contribution in [1.82, 2.24) is 14.5 Å². The standard InChI is InChI=1S/C22H24N4O3/c1-25(2)7-8-26-21-16-9-13(23)5-6-18(16)24-12-17(21)14-10-19(28-3)20(29-4)11-15(14)22(26)27/h5-6,9-12H,7-8,23H2,1-4H3. The predicted molar refractivity (Wildman–Crippen MR) is 117 cm³/mol. The van der Waals surface area contributed by atoms with Crippen LogP contribution in [0.1, 0.15) is 0 Å². The normalized spacial score (nSPS) is 11.6. The molecule has 2 aromatic carbocycles. The Morgan fingerprint density at radius 3 is 2.34 bits per heavy atom. The largest absolute Gasteiger partial charge is 0.493 e. The summed E-state index contributed by atoms with van der Waals surface area (Å²) in [5.41, 5.74) is 8.24. The van der Waals surface area contributed by atoms with Gasteiger partial charge in [-0.2, -0.15) is 0 Å². The van der Waals surface area contributed by atoms with Crippen LogP contribution in [0.5, 0.6) is 11.5 Å². The minimum atomic E-state index is -0.0785. The van der Waals surface area contributed by atoms with Crippen molar-refractivity contribution in [3.63, 3.8) is 0 Å². The second-order valence-corrected chi connectivity index (χ2v) is 7.31. The van der Waals surface area contributed by atoms with Crippen LogP contribution in [-0.2, 0) is 6.54 Å². The molecular weight excluding hydrogens is 368 g/mol. The maximum atomic E-state index is 13.5. The van der Waals surface area contributed by atoms with E-state index in [0.717, 1.165) is 33.7 Å². The van der Waals surface area contributed by atoms with E-state index in [9.17, 15) is 4.79 Å². The van der Waals surface area contributed by atoms with E-state index in [1.54, 1.807) is 20.3 Å². The number of methoxy groups -OCH3 is 2. The van der Waals surface area contributed by atoms with Crippen molar-refractivity contribution in [2.45, 2.75) is 6.54 Å². The van der Waals surface area contributed by atoms with E-state index in [0.29, 0.717) is 29.1 Å². The molecule has 0 radical (unpaired) electrons. The monoisotopic (exact) mass is 392 g/mol. The number of hydrogen-bond donors (Lipinski definition) is 1. The molecule has 0 spiro atoms. The van der Waals surface area contributed by atoms with Gasteiger partial charge in [0, 0.05) is 41.1 Å². The average molecular weight is 392 g/mol. The van der Waals surface area contributed by atoms with Gasteiger partial charge in [-0.3, -0.25) is 9.78 Å². The minimum Gasteiger partial charge on any atom is -0.493 e. The van der Waals surface area contributed by atoms with Crippen LogP contribution in [0.2, 0.25) is 0 Å². The number of likely N-dealkylation sites (N-methyl/N-ethyl adjacent to an activating group) is 1. The van der Waals surface area contributed by atoms with Crippen molar-refractivity contribution in [3.8, 4) is 11.5 Å². The second kappa shape index (κ2) is 7.25. The van der Waals surface area contributed by atoms with Crippen LogP contribution in [0, 0.1) is 0 Å². The summed E-state index contributed by atoms with van der Waals surface area (Å²) in [5.74, 6) is 1.09. The zero-order valence-electron chi connectivity index (χ0n) is 17.0. The van der Waals surface area contributed by atoms with Gasteiger partial charge in [0.05, 0.1) is 30.6 Å². The molecule has 0 aliphatic carbocycles. The molecule has 0 aliphatic heterocycles. The third-order valence-electron chi connectivity index (χ3n) is 5.19. The van der Waals surface area contributed by atoms with Crippen molar-refractivity contribution in [3.05, 3.63) is 46.9 Å². The number of hydrogen-bond acceptors (Lipinski definition) is 6. The third kappa shape index (κ3) is 3.13. The maximum Gasteiger partial charge on any atom is 0.259 e. The first kappa shape index (κ1) is 19.0. The maximum absolute atomic E-state index is 13.5. The highest BCUT2D eigenvalue weighted by molar-refractivity contribution is 6.15. The van der Waals surface area contributed by atoms with Gasteiger partial charge >= 0.3 is 0 Å². The van der Waals surface area contributed by atoms with Crippen LogP contribution in [0.3, 0.4) is 0 Å². The van der Waals surface area contributed by atoms with Crippen LogP contribution in [0.15, 0.2) is 41.3 Å².